The predicted molar refractivity (Wildman–Crippen MR) is 175 cm³/mol. The summed E-state index contributed by atoms with van der Waals surface area (Å²) in [5.74, 6) is -0.0343. The highest BCUT2D eigenvalue weighted by molar-refractivity contribution is 8.02. The molecule has 0 spiro atoms. The van der Waals surface area contributed by atoms with Crippen LogP contribution in [0.5, 0.6) is 0 Å². The van der Waals surface area contributed by atoms with Gasteiger partial charge in [-0.15, -0.1) is 9.93 Å². The van der Waals surface area contributed by atoms with Crippen LogP contribution in [0.3, 0.4) is 0 Å². The zero-order chi connectivity index (χ0) is 33.3. The molecule has 3 atom stereocenters. The predicted octanol–water partition coefficient (Wildman–Crippen LogP) is 4.78. The second-order valence-corrected chi connectivity index (χ2v) is 19.0. The lowest BCUT2D eigenvalue weighted by Gasteiger charge is -2.46. The molecule has 3 unspecified atom stereocenters. The zero-order valence-corrected chi connectivity index (χ0v) is 29.6. The van der Waals surface area contributed by atoms with Gasteiger partial charge in [0.05, 0.1) is 12.6 Å². The first-order chi connectivity index (χ1) is 19.5. The van der Waals surface area contributed by atoms with Gasteiger partial charge >= 0.3 is 12.2 Å². The first-order valence-corrected chi connectivity index (χ1v) is 18.0. The van der Waals surface area contributed by atoms with Gasteiger partial charge in [0.1, 0.15) is 12.2 Å². The molecule has 1 rings (SSSR count). The van der Waals surface area contributed by atoms with Crippen LogP contribution in [0.2, 0.25) is 0 Å². The molecule has 0 aliphatic heterocycles. The monoisotopic (exact) mass is 631 g/mol. The molecule has 0 heterocycles. The molecule has 1 fully saturated rings. The van der Waals surface area contributed by atoms with Crippen molar-refractivity contribution < 1.29 is 32.8 Å². The van der Waals surface area contributed by atoms with E-state index in [1.165, 1.54) is 0 Å². The van der Waals surface area contributed by atoms with Crippen LogP contribution in [0.15, 0.2) is 12.2 Å². The normalized spacial score (nSPS) is 21.8. The van der Waals surface area contributed by atoms with E-state index >= 15 is 0 Å². The second kappa shape index (κ2) is 15.8. The summed E-state index contributed by atoms with van der Waals surface area (Å²) in [5.41, 5.74) is -0.520. The number of nitrogens with one attached hydrogen (secondary N) is 3. The number of hydrogen-bond donors (Lipinski definition) is 4. The van der Waals surface area contributed by atoms with Crippen molar-refractivity contribution in [3.05, 3.63) is 12.2 Å². The molecule has 0 radical (unpaired) electrons. The zero-order valence-electron chi connectivity index (χ0n) is 28.7. The van der Waals surface area contributed by atoms with Gasteiger partial charge in [-0.1, -0.05) is 41.2 Å². The molecule has 0 aromatic heterocycles. The number of rotatable bonds is 17. The number of ether oxygens (including phenoxy) is 3. The summed E-state index contributed by atoms with van der Waals surface area (Å²) in [6, 6.07) is -0.443. The minimum atomic E-state index is -2.23. The molecule has 0 aromatic carbocycles. The summed E-state index contributed by atoms with van der Waals surface area (Å²) < 4.78 is 28.7. The Labute approximate surface area is 261 Å². The topological polar surface area (TPSA) is 132 Å². The van der Waals surface area contributed by atoms with Crippen LogP contribution in [0.4, 0.5) is 9.59 Å². The average molecular weight is 632 g/mol. The Morgan fingerprint density at radius 2 is 1.63 bits per heavy atom. The van der Waals surface area contributed by atoms with E-state index in [1.807, 2.05) is 27.7 Å². The van der Waals surface area contributed by atoms with Gasteiger partial charge in [-0.2, -0.15) is 0 Å². The van der Waals surface area contributed by atoms with E-state index in [4.69, 9.17) is 14.2 Å². The van der Waals surface area contributed by atoms with E-state index in [0.29, 0.717) is 44.5 Å². The van der Waals surface area contributed by atoms with Crippen molar-refractivity contribution >= 4 is 27.9 Å². The number of carbonyl (C=O) groups excluding carboxylic acids is 3. The smallest absolute Gasteiger partial charge is 0.407 e. The van der Waals surface area contributed by atoms with Gasteiger partial charge < -0.3 is 30.2 Å². The molecule has 1 aliphatic carbocycles. The van der Waals surface area contributed by atoms with E-state index in [2.05, 4.69) is 43.3 Å². The van der Waals surface area contributed by atoms with Crippen molar-refractivity contribution in [2.75, 3.05) is 45.4 Å². The van der Waals surface area contributed by atoms with Gasteiger partial charge in [0.25, 0.3) is 0 Å². The first-order valence-electron chi connectivity index (χ1n) is 15.4. The fraction of sp³-hybridized carbons (Fsp3) is 0.844. The summed E-state index contributed by atoms with van der Waals surface area (Å²) in [6.45, 7) is 23.1. The van der Waals surface area contributed by atoms with Crippen molar-refractivity contribution in [1.82, 2.24) is 16.0 Å². The fourth-order valence-electron chi connectivity index (χ4n) is 5.64. The van der Waals surface area contributed by atoms with E-state index in [1.54, 1.807) is 26.4 Å². The third-order valence-electron chi connectivity index (χ3n) is 8.56. The van der Waals surface area contributed by atoms with E-state index in [-0.39, 0.29) is 46.7 Å². The maximum atomic E-state index is 12.7. The Balaban J connectivity index is 2.50. The quantitative estimate of drug-likeness (QED) is 0.103. The van der Waals surface area contributed by atoms with Gasteiger partial charge in [0.15, 0.2) is 5.78 Å². The van der Waals surface area contributed by atoms with Gasteiger partial charge in [0.2, 0.25) is 0 Å². The largest absolute Gasteiger partial charge is 0.447 e. The summed E-state index contributed by atoms with van der Waals surface area (Å²) >= 11 is 0. The number of alkyl carbamates (subject to hydrolysis) is 2. The summed E-state index contributed by atoms with van der Waals surface area (Å²) in [6.07, 6.45) is 6.18. The molecule has 43 heavy (non-hydrogen) atoms. The Bertz CT molecular complexity index is 1020. The number of Topliss-reactive ketones (excluding diaryl/α,β-unsaturated/α-hetero) is 1. The minimum absolute atomic E-state index is 0.0343. The van der Waals surface area contributed by atoms with Gasteiger partial charge in [0, 0.05) is 23.9 Å². The fourth-order valence-corrected chi connectivity index (χ4v) is 6.27. The van der Waals surface area contributed by atoms with Crippen molar-refractivity contribution in [3.8, 4) is 0 Å². The molecule has 1 saturated carbocycles. The lowest BCUT2D eigenvalue weighted by atomic mass is 9.62. The van der Waals surface area contributed by atoms with E-state index < -0.39 is 27.7 Å². The molecule has 0 bridgehead atoms. The average Bonchev–Trinajstić information content (AvgIpc) is 2.81. The first kappa shape index (κ1) is 39.0. The minimum Gasteiger partial charge on any atom is -0.447 e. The van der Waals surface area contributed by atoms with Crippen LogP contribution in [0, 0.1) is 10.8 Å². The lowest BCUT2D eigenvalue weighted by molar-refractivity contribution is -0.117. The number of amides is 2. The third-order valence-corrected chi connectivity index (χ3v) is 11.7. The number of ketones is 1. The van der Waals surface area contributed by atoms with Crippen molar-refractivity contribution in [3.63, 3.8) is 0 Å². The maximum Gasteiger partial charge on any atom is 0.407 e. The molecular formula is C32H61N3O7S. The summed E-state index contributed by atoms with van der Waals surface area (Å²) in [4.78, 5) is 37.3. The van der Waals surface area contributed by atoms with Crippen LogP contribution < -0.4 is 16.0 Å². The highest BCUT2D eigenvalue weighted by Crippen LogP contribution is 2.45. The summed E-state index contributed by atoms with van der Waals surface area (Å²) in [5, 5.41) is 9.11. The van der Waals surface area contributed by atoms with Crippen molar-refractivity contribution in [1.29, 1.82) is 0 Å². The van der Waals surface area contributed by atoms with Gasteiger partial charge in [-0.3, -0.25) is 9.00 Å². The summed E-state index contributed by atoms with van der Waals surface area (Å²) in [7, 11) is -2.23. The number of carbonyl (C=O) groups is 3. The highest BCUT2D eigenvalue weighted by Gasteiger charge is 2.42. The standard InChI is InChI=1S/C32H61N3O7S/c1-23(2)26(36)24(3)33-15-13-30(6,7)42-27(37)34-22-32(10)20-25(19-29(4,5)21-32)35-28(38)41-18-17-40-16-14-31(8,9)43(11,12)39/h24-25,33,43H,1,13-22H2,2-12H3,(H,34,37)(H,35,38). The van der Waals surface area contributed by atoms with Gasteiger partial charge in [-0.05, 0) is 95.3 Å². The maximum absolute atomic E-state index is 12.7. The molecule has 2 amide bonds. The van der Waals surface area contributed by atoms with Crippen LogP contribution in [-0.2, 0) is 28.9 Å². The van der Waals surface area contributed by atoms with E-state index in [9.17, 15) is 18.6 Å². The molecule has 252 valence electrons. The molecule has 0 aromatic rings. The van der Waals surface area contributed by atoms with E-state index in [0.717, 1.165) is 12.8 Å². The van der Waals surface area contributed by atoms with Gasteiger partial charge in [-0.25, -0.2) is 9.59 Å². The molecular weight excluding hydrogens is 570 g/mol. The highest BCUT2D eigenvalue weighted by atomic mass is 32.2. The second-order valence-electron chi connectivity index (χ2n) is 15.1. The van der Waals surface area contributed by atoms with Crippen LogP contribution in [-0.4, -0.2) is 90.0 Å². The van der Waals surface area contributed by atoms with Crippen LogP contribution in [0.1, 0.15) is 94.4 Å². The Morgan fingerprint density at radius 3 is 2.21 bits per heavy atom. The lowest BCUT2D eigenvalue weighted by Crippen LogP contribution is -2.51. The third kappa shape index (κ3) is 14.6. The molecule has 0 saturated heterocycles. The van der Waals surface area contributed by atoms with Crippen molar-refractivity contribution in [2.24, 2.45) is 10.8 Å². The molecule has 3 N–H and O–H groups in total. The molecule has 10 nitrogen and oxygen atoms in total. The number of thiol groups is 1. The Morgan fingerprint density at radius 1 is 1.00 bits per heavy atom. The Hall–Kier alpha value is -1.98. The molecule has 1 aliphatic rings. The molecule has 11 heteroatoms. The Kier molecular flexibility index (Phi) is 14.4. The SMILES string of the molecule is C=C(C)C(=O)C(C)NCCC(C)(C)OC(=O)NCC1(C)CC(NC(=O)OCCOCCC(C)(C)[SH](C)(C)=O)CC(C)(C)C1. The number of hydrogen-bond acceptors (Lipinski definition) is 8. The van der Waals surface area contributed by atoms with Crippen LogP contribution in [0.25, 0.3) is 0 Å². The van der Waals surface area contributed by atoms with Crippen LogP contribution >= 0.6 is 0 Å². The van der Waals surface area contributed by atoms with Crippen molar-refractivity contribution in [2.45, 2.75) is 117 Å².